The first-order chi connectivity index (χ1) is 8.43. The minimum Gasteiger partial charge on any atom is -0.402 e. The third-order valence-corrected chi connectivity index (χ3v) is 3.67. The number of allylic oxidation sites excluding steroid dienone is 2. The van der Waals surface area contributed by atoms with Crippen molar-refractivity contribution in [3.8, 4) is 0 Å². The Bertz CT molecular complexity index is 251. The summed E-state index contributed by atoms with van der Waals surface area (Å²) in [6.07, 6.45) is 9.19. The van der Waals surface area contributed by atoms with E-state index in [9.17, 15) is 0 Å². The van der Waals surface area contributed by atoms with Gasteiger partial charge in [-0.3, -0.25) is 0 Å². The maximum Gasteiger partial charge on any atom is 0.631 e. The van der Waals surface area contributed by atoms with E-state index in [1.165, 1.54) is 19.3 Å². The molecular formula is C13H27BO5. The molecule has 2 atom stereocenters. The first kappa shape index (κ1) is 18.6. The Kier molecular flexibility index (Phi) is 7.25. The molecule has 112 valence electrons. The molecule has 0 aromatic carbocycles. The Balaban J connectivity index is 0.000000271. The molecule has 2 aliphatic rings. The average Bonchev–Trinajstić information content (AvgIpc) is 2.76. The fourth-order valence-electron chi connectivity index (χ4n) is 1.72. The van der Waals surface area contributed by atoms with Crippen LogP contribution in [-0.4, -0.2) is 43.8 Å². The summed E-state index contributed by atoms with van der Waals surface area (Å²) in [7, 11) is -2.17. The number of hydrogen-bond donors (Lipinski definition) is 5. The van der Waals surface area contributed by atoms with Gasteiger partial charge in [0, 0.05) is 0 Å². The maximum atomic E-state index is 9.10. The number of fused-ring (bicyclic) bond motifs is 2. The highest BCUT2D eigenvalue weighted by Crippen LogP contribution is 2.38. The Labute approximate surface area is 115 Å². The zero-order valence-corrected chi connectivity index (χ0v) is 12.2. The highest BCUT2D eigenvalue weighted by Gasteiger charge is 2.31. The Morgan fingerprint density at radius 2 is 1.11 bits per heavy atom. The Morgan fingerprint density at radius 3 is 1.16 bits per heavy atom. The van der Waals surface area contributed by atoms with Crippen LogP contribution >= 0.6 is 0 Å². The van der Waals surface area contributed by atoms with Gasteiger partial charge in [0.1, 0.15) is 0 Å². The lowest BCUT2D eigenvalue weighted by molar-refractivity contribution is -0.107. The molecule has 5 N–H and O–H groups in total. The topological polar surface area (TPSA) is 101 Å². The van der Waals surface area contributed by atoms with Crippen LogP contribution in [0, 0.1) is 11.8 Å². The van der Waals surface area contributed by atoms with E-state index in [2.05, 4.69) is 12.2 Å². The van der Waals surface area contributed by atoms with E-state index in [1.54, 1.807) is 27.7 Å². The molecule has 1 fully saturated rings. The highest BCUT2D eigenvalue weighted by molar-refractivity contribution is 6.30. The zero-order chi connectivity index (χ0) is 15.3. The summed E-state index contributed by atoms with van der Waals surface area (Å²) in [6, 6.07) is 0. The van der Waals surface area contributed by atoms with Crippen LogP contribution in [0.3, 0.4) is 0 Å². The maximum absolute atomic E-state index is 9.10. The van der Waals surface area contributed by atoms with Crippen LogP contribution in [0.2, 0.25) is 0 Å². The smallest absolute Gasteiger partial charge is 0.402 e. The van der Waals surface area contributed by atoms with Crippen molar-refractivity contribution < 1.29 is 25.3 Å². The lowest BCUT2D eigenvalue weighted by Gasteiger charge is -2.31. The van der Waals surface area contributed by atoms with Gasteiger partial charge in [0.15, 0.2) is 0 Å². The zero-order valence-electron chi connectivity index (χ0n) is 12.2. The molecule has 1 saturated carbocycles. The molecule has 2 aliphatic carbocycles. The number of rotatable bonds is 1. The summed E-state index contributed by atoms with van der Waals surface area (Å²) in [5.74, 6) is 1.98. The van der Waals surface area contributed by atoms with Crippen LogP contribution in [0.5, 0.6) is 0 Å². The lowest BCUT2D eigenvalue weighted by Crippen LogP contribution is -2.44. The van der Waals surface area contributed by atoms with Crippen LogP contribution in [0.4, 0.5) is 0 Å². The predicted octanol–water partition coefficient (Wildman–Crippen LogP) is 0.449. The average molecular weight is 274 g/mol. The highest BCUT2D eigenvalue weighted by atomic mass is 16.5. The van der Waals surface area contributed by atoms with E-state index >= 15 is 0 Å². The van der Waals surface area contributed by atoms with Crippen molar-refractivity contribution in [1.29, 1.82) is 0 Å². The van der Waals surface area contributed by atoms with Crippen LogP contribution in [0.15, 0.2) is 12.2 Å². The first-order valence-electron chi connectivity index (χ1n) is 6.60. The molecule has 19 heavy (non-hydrogen) atoms. The molecule has 0 radical (unpaired) electrons. The lowest BCUT2D eigenvalue weighted by atomic mass is 9.90. The molecule has 6 heteroatoms. The molecule has 0 spiro atoms. The largest absolute Gasteiger partial charge is 0.631 e. The van der Waals surface area contributed by atoms with Gasteiger partial charge in [-0.05, 0) is 58.8 Å². The van der Waals surface area contributed by atoms with E-state index in [1.807, 2.05) is 0 Å². The van der Waals surface area contributed by atoms with Crippen molar-refractivity contribution >= 4 is 7.32 Å². The van der Waals surface area contributed by atoms with E-state index in [-0.39, 0.29) is 0 Å². The first-order valence-corrected chi connectivity index (χ1v) is 6.60. The second kappa shape index (κ2) is 7.40. The van der Waals surface area contributed by atoms with Crippen LogP contribution < -0.4 is 0 Å². The molecular weight excluding hydrogens is 247 g/mol. The standard InChI is InChI=1S/C7H10.C6H14O2.BH3O3/c1-2-7-4-3-6(1)5-7;1-5(2,7)6(3,4)8;2-1(3)4/h1-2,6-7H,3-5H2;7-8H,1-4H3;2-4H. The van der Waals surface area contributed by atoms with Gasteiger partial charge in [0.05, 0.1) is 11.2 Å². The number of aliphatic hydroxyl groups is 2. The summed E-state index contributed by atoms with van der Waals surface area (Å²) in [4.78, 5) is 0. The van der Waals surface area contributed by atoms with Crippen LogP contribution in [0.25, 0.3) is 0 Å². The van der Waals surface area contributed by atoms with Crippen molar-refractivity contribution in [1.82, 2.24) is 0 Å². The van der Waals surface area contributed by atoms with E-state index in [4.69, 9.17) is 25.3 Å². The fraction of sp³-hybridized carbons (Fsp3) is 0.846. The molecule has 0 amide bonds. The van der Waals surface area contributed by atoms with Gasteiger partial charge in [-0.25, -0.2) is 0 Å². The van der Waals surface area contributed by atoms with E-state index < -0.39 is 18.5 Å². The molecule has 0 aromatic rings. The SMILES string of the molecule is C1=CC2CCC1C2.CC(C)(O)C(C)(C)O.OB(O)O. The summed E-state index contributed by atoms with van der Waals surface area (Å²) in [5, 5.41) is 39.7. The molecule has 2 unspecified atom stereocenters. The number of hydrogen-bond acceptors (Lipinski definition) is 5. The van der Waals surface area contributed by atoms with Crippen molar-refractivity contribution in [2.75, 3.05) is 0 Å². The van der Waals surface area contributed by atoms with Gasteiger partial charge < -0.3 is 25.3 Å². The van der Waals surface area contributed by atoms with Crippen molar-refractivity contribution in [2.45, 2.75) is 58.2 Å². The molecule has 0 aliphatic heterocycles. The Hall–Kier alpha value is -0.395. The minimum atomic E-state index is -2.17. The third kappa shape index (κ3) is 8.39. The molecule has 5 nitrogen and oxygen atoms in total. The normalized spacial score (nSPS) is 24.3. The van der Waals surface area contributed by atoms with Gasteiger partial charge in [0.2, 0.25) is 0 Å². The van der Waals surface area contributed by atoms with Crippen LogP contribution in [-0.2, 0) is 0 Å². The molecule has 0 saturated heterocycles. The van der Waals surface area contributed by atoms with Crippen molar-refractivity contribution in [2.24, 2.45) is 11.8 Å². The van der Waals surface area contributed by atoms with Crippen molar-refractivity contribution in [3.05, 3.63) is 12.2 Å². The second-order valence-corrected chi connectivity index (χ2v) is 6.18. The monoisotopic (exact) mass is 274 g/mol. The summed E-state index contributed by atoms with van der Waals surface area (Å²) in [6.45, 7) is 6.31. The van der Waals surface area contributed by atoms with E-state index in [0.717, 1.165) is 11.8 Å². The fourth-order valence-corrected chi connectivity index (χ4v) is 1.72. The van der Waals surface area contributed by atoms with Gasteiger partial charge in [-0.1, -0.05) is 12.2 Å². The molecule has 2 bridgehead atoms. The molecule has 0 heterocycles. The molecule has 2 rings (SSSR count). The van der Waals surface area contributed by atoms with Gasteiger partial charge in [0.25, 0.3) is 0 Å². The van der Waals surface area contributed by atoms with Crippen molar-refractivity contribution in [3.63, 3.8) is 0 Å². The summed E-state index contributed by atoms with van der Waals surface area (Å²) < 4.78 is 0. The molecule has 0 aromatic heterocycles. The van der Waals surface area contributed by atoms with Gasteiger partial charge in [-0.15, -0.1) is 0 Å². The van der Waals surface area contributed by atoms with Gasteiger partial charge >= 0.3 is 7.32 Å². The second-order valence-electron chi connectivity index (χ2n) is 6.18. The van der Waals surface area contributed by atoms with Gasteiger partial charge in [-0.2, -0.15) is 0 Å². The van der Waals surface area contributed by atoms with Crippen LogP contribution in [0.1, 0.15) is 47.0 Å². The predicted molar refractivity (Wildman–Crippen MR) is 75.0 cm³/mol. The quantitative estimate of drug-likeness (QED) is 0.353. The van der Waals surface area contributed by atoms with E-state index in [0.29, 0.717) is 0 Å². The Morgan fingerprint density at radius 1 is 0.842 bits per heavy atom. The minimum absolute atomic E-state index is 0.991. The summed E-state index contributed by atoms with van der Waals surface area (Å²) >= 11 is 0. The third-order valence-electron chi connectivity index (χ3n) is 3.67. The summed E-state index contributed by atoms with van der Waals surface area (Å²) in [5.41, 5.74) is -2.01.